The Kier molecular flexibility index (Phi) is 10.7. The van der Waals surface area contributed by atoms with E-state index in [9.17, 15) is 14.3 Å². The molecule has 48 heavy (non-hydrogen) atoms. The molecule has 1 aliphatic rings. The summed E-state index contributed by atoms with van der Waals surface area (Å²) in [6, 6.07) is 24.4. The van der Waals surface area contributed by atoms with Gasteiger partial charge in [0.15, 0.2) is 6.10 Å². The Hall–Kier alpha value is -4.43. The minimum Gasteiger partial charge on any atom is -0.493 e. The summed E-state index contributed by atoms with van der Waals surface area (Å²) < 4.78 is 25.7. The monoisotopic (exact) mass is 653 g/mol. The first-order chi connectivity index (χ1) is 22.8. The van der Waals surface area contributed by atoms with Gasteiger partial charge in [-0.15, -0.1) is 0 Å². The van der Waals surface area contributed by atoms with Crippen molar-refractivity contribution in [3.05, 3.63) is 107 Å². The third-order valence-electron chi connectivity index (χ3n) is 8.81. The van der Waals surface area contributed by atoms with Crippen molar-refractivity contribution in [1.82, 2.24) is 4.98 Å². The number of para-hydroxylation sites is 1. The van der Waals surface area contributed by atoms with Crippen LogP contribution < -0.4 is 15.0 Å². The summed E-state index contributed by atoms with van der Waals surface area (Å²) in [5, 5.41) is 14.1. The number of nitrogens with zero attached hydrogens (tertiary/aromatic N) is 2. The van der Waals surface area contributed by atoms with E-state index in [0.717, 1.165) is 59.7 Å². The third kappa shape index (κ3) is 8.92. The number of benzene rings is 3. The van der Waals surface area contributed by atoms with E-state index in [1.54, 1.807) is 12.1 Å². The number of rotatable bonds is 12. The molecule has 8 heteroatoms. The number of pyridine rings is 1. The summed E-state index contributed by atoms with van der Waals surface area (Å²) in [6.07, 6.45) is 1.40. The summed E-state index contributed by atoms with van der Waals surface area (Å²) in [5.74, 6) is -0.583. The van der Waals surface area contributed by atoms with Crippen LogP contribution in [-0.4, -0.2) is 41.4 Å². The molecule has 0 spiro atoms. The zero-order chi connectivity index (χ0) is 34.5. The molecule has 0 amide bonds. The van der Waals surface area contributed by atoms with E-state index >= 15 is 0 Å². The number of carbonyl (C=O) groups is 1. The number of aryl methyl sites for hydroxylation is 1. The minimum atomic E-state index is -1.20. The quantitative estimate of drug-likeness (QED) is 0.158. The van der Waals surface area contributed by atoms with E-state index in [4.69, 9.17) is 14.5 Å². The van der Waals surface area contributed by atoms with Crippen molar-refractivity contribution in [2.45, 2.75) is 79.1 Å². The van der Waals surface area contributed by atoms with Crippen LogP contribution in [0.15, 0.2) is 78.9 Å². The van der Waals surface area contributed by atoms with Gasteiger partial charge >= 0.3 is 5.97 Å². The molecular formula is C40H48FN3O4. The van der Waals surface area contributed by atoms with Crippen molar-refractivity contribution in [2.24, 2.45) is 5.41 Å². The van der Waals surface area contributed by atoms with Crippen molar-refractivity contribution >= 4 is 17.3 Å². The minimum absolute atomic E-state index is 0.192. The van der Waals surface area contributed by atoms with E-state index in [2.05, 4.69) is 24.1 Å². The normalized spacial score (nSPS) is 15.2. The first-order valence-corrected chi connectivity index (χ1v) is 16.8. The Morgan fingerprint density at radius 2 is 1.65 bits per heavy atom. The number of carboxylic acid groups (broad SMARTS) is 1. The van der Waals surface area contributed by atoms with Crippen LogP contribution in [0.4, 0.5) is 15.8 Å². The number of aromatic nitrogens is 1. The van der Waals surface area contributed by atoms with Crippen molar-refractivity contribution in [1.29, 1.82) is 0 Å². The lowest BCUT2D eigenvalue weighted by Crippen LogP contribution is -2.39. The number of halogens is 1. The predicted molar refractivity (Wildman–Crippen MR) is 190 cm³/mol. The summed E-state index contributed by atoms with van der Waals surface area (Å²) in [5.41, 5.74) is 6.19. The molecule has 0 radical (unpaired) electrons. The van der Waals surface area contributed by atoms with E-state index in [-0.39, 0.29) is 11.2 Å². The number of carboxylic acids is 1. The van der Waals surface area contributed by atoms with Crippen LogP contribution in [0.5, 0.6) is 5.75 Å². The molecule has 3 aromatic carbocycles. The molecule has 254 valence electrons. The first-order valence-electron chi connectivity index (χ1n) is 16.8. The van der Waals surface area contributed by atoms with Gasteiger partial charge in [-0.3, -0.25) is 4.98 Å². The molecule has 1 atom stereocenters. The molecule has 0 bridgehead atoms. The number of hydrogen-bond acceptors (Lipinski definition) is 6. The Morgan fingerprint density at radius 3 is 2.25 bits per heavy atom. The maximum Gasteiger partial charge on any atom is 0.337 e. The van der Waals surface area contributed by atoms with Gasteiger partial charge in [0, 0.05) is 42.0 Å². The number of nitrogens with one attached hydrogen (secondary N) is 1. The van der Waals surface area contributed by atoms with E-state index in [0.29, 0.717) is 36.6 Å². The fourth-order valence-corrected chi connectivity index (χ4v) is 6.15. The van der Waals surface area contributed by atoms with Crippen LogP contribution in [0.1, 0.15) is 76.1 Å². The molecule has 2 N–H and O–H groups in total. The van der Waals surface area contributed by atoms with Gasteiger partial charge in [0.1, 0.15) is 11.6 Å². The molecular weight excluding hydrogens is 605 g/mol. The average molecular weight is 654 g/mol. The molecule has 2 heterocycles. The van der Waals surface area contributed by atoms with Gasteiger partial charge in [0.05, 0.1) is 30.1 Å². The lowest BCUT2D eigenvalue weighted by atomic mass is 9.81. The number of anilines is 2. The third-order valence-corrected chi connectivity index (χ3v) is 8.81. The highest BCUT2D eigenvalue weighted by Gasteiger charge is 2.37. The highest BCUT2D eigenvalue weighted by Crippen LogP contribution is 2.45. The van der Waals surface area contributed by atoms with Gasteiger partial charge in [0.25, 0.3) is 0 Å². The Morgan fingerprint density at radius 1 is 1.00 bits per heavy atom. The van der Waals surface area contributed by atoms with Crippen LogP contribution in [-0.2, 0) is 22.5 Å². The zero-order valence-corrected chi connectivity index (χ0v) is 29.0. The van der Waals surface area contributed by atoms with Gasteiger partial charge < -0.3 is 24.8 Å². The second-order valence-corrected chi connectivity index (χ2v) is 14.3. The average Bonchev–Trinajstić information content (AvgIpc) is 3.04. The second-order valence-electron chi connectivity index (χ2n) is 14.3. The molecule has 1 saturated heterocycles. The largest absolute Gasteiger partial charge is 0.493 e. The molecule has 4 aromatic rings. The maximum absolute atomic E-state index is 13.3. The van der Waals surface area contributed by atoms with Crippen LogP contribution in [0.25, 0.3) is 11.1 Å². The zero-order valence-electron chi connectivity index (χ0n) is 29.0. The van der Waals surface area contributed by atoms with Crippen LogP contribution in [0, 0.1) is 18.2 Å². The molecule has 0 saturated carbocycles. The Balaban J connectivity index is 1.59. The summed E-state index contributed by atoms with van der Waals surface area (Å²) in [7, 11) is 0. The fourth-order valence-electron chi connectivity index (χ4n) is 6.15. The first kappa shape index (κ1) is 34.9. The lowest BCUT2D eigenvalue weighted by Gasteiger charge is -2.41. The van der Waals surface area contributed by atoms with Gasteiger partial charge in [-0.1, -0.05) is 56.3 Å². The van der Waals surface area contributed by atoms with Gasteiger partial charge in [-0.2, -0.15) is 0 Å². The van der Waals surface area contributed by atoms with Crippen LogP contribution in [0.3, 0.4) is 0 Å². The second kappa shape index (κ2) is 14.8. The van der Waals surface area contributed by atoms with Gasteiger partial charge in [0.2, 0.25) is 0 Å². The number of aliphatic carboxylic acids is 1. The molecule has 1 fully saturated rings. The van der Waals surface area contributed by atoms with Crippen molar-refractivity contribution in [3.8, 4) is 16.9 Å². The van der Waals surface area contributed by atoms with E-state index in [1.807, 2.05) is 82.3 Å². The SMILES string of the molecule is Cc1nc(CNc2ccccc2)c(-c2ccc(OCCc3ccc(F)cc3)cc2)c(N2CCC(C)(C)CC2)c1C(OC(C)(C)C)C(=O)O. The highest BCUT2D eigenvalue weighted by molar-refractivity contribution is 5.88. The summed E-state index contributed by atoms with van der Waals surface area (Å²) in [4.78, 5) is 20.4. The fraction of sp³-hybridized carbons (Fsp3) is 0.400. The molecule has 1 aliphatic heterocycles. The van der Waals surface area contributed by atoms with E-state index in [1.165, 1.54) is 12.1 Å². The van der Waals surface area contributed by atoms with Gasteiger partial charge in [-0.25, -0.2) is 9.18 Å². The van der Waals surface area contributed by atoms with Crippen LogP contribution >= 0.6 is 0 Å². The molecule has 1 unspecified atom stereocenters. The smallest absolute Gasteiger partial charge is 0.337 e. The summed E-state index contributed by atoms with van der Waals surface area (Å²) >= 11 is 0. The molecule has 5 rings (SSSR count). The Labute approximate surface area is 284 Å². The standard InChI is InChI=1S/C40H48FN3O4/c1-27-34(37(38(45)46)48-39(2,3)4)36(44-23-21-40(5,6)22-24-44)35(33(43-27)26-42-31-10-8-7-9-11-31)29-14-18-32(19-15-29)47-25-20-28-12-16-30(41)17-13-28/h7-19,37,42H,20-26H2,1-6H3,(H,45,46). The predicted octanol–water partition coefficient (Wildman–Crippen LogP) is 9.00. The highest BCUT2D eigenvalue weighted by atomic mass is 19.1. The van der Waals surface area contributed by atoms with E-state index < -0.39 is 17.7 Å². The lowest BCUT2D eigenvalue weighted by molar-refractivity contribution is -0.160. The van der Waals surface area contributed by atoms with Crippen molar-refractivity contribution < 1.29 is 23.8 Å². The number of ether oxygens (including phenoxy) is 2. The molecule has 0 aliphatic carbocycles. The Bertz CT molecular complexity index is 1670. The summed E-state index contributed by atoms with van der Waals surface area (Å²) in [6.45, 7) is 14.6. The van der Waals surface area contributed by atoms with Crippen LogP contribution in [0.2, 0.25) is 0 Å². The topological polar surface area (TPSA) is 83.9 Å². The number of piperidine rings is 1. The molecule has 1 aromatic heterocycles. The van der Waals surface area contributed by atoms with Crippen molar-refractivity contribution in [2.75, 3.05) is 29.9 Å². The number of hydrogen-bond donors (Lipinski definition) is 2. The van der Waals surface area contributed by atoms with Gasteiger partial charge in [-0.05, 0) is 93.5 Å². The molecule has 7 nitrogen and oxygen atoms in total. The van der Waals surface area contributed by atoms with Crippen molar-refractivity contribution in [3.63, 3.8) is 0 Å². The maximum atomic E-state index is 13.3.